The zero-order valence-corrected chi connectivity index (χ0v) is 12.0. The molecule has 1 aromatic heterocycles. The molecule has 20 heavy (non-hydrogen) atoms. The molecule has 0 fully saturated rings. The van der Waals surface area contributed by atoms with Gasteiger partial charge in [-0.15, -0.1) is 0 Å². The first-order chi connectivity index (χ1) is 9.75. The molecule has 0 saturated heterocycles. The highest BCUT2D eigenvalue weighted by molar-refractivity contribution is 5.84. The molecule has 2 nitrogen and oxygen atoms in total. The summed E-state index contributed by atoms with van der Waals surface area (Å²) >= 11 is 0. The standard InChI is InChI=1S/C18H20N2/c1-14(2)20-13-15(17-10-6-7-11-18(17)20)12-19-16-8-4-3-5-9-16/h3-11,13-14,19H,12H2,1-2H3. The van der Waals surface area contributed by atoms with Gasteiger partial charge in [0, 0.05) is 35.4 Å². The summed E-state index contributed by atoms with van der Waals surface area (Å²) in [5.74, 6) is 0. The first-order valence-electron chi connectivity index (χ1n) is 7.13. The van der Waals surface area contributed by atoms with Crippen LogP contribution in [0.4, 0.5) is 5.69 Å². The molecular formula is C18H20N2. The van der Waals surface area contributed by atoms with Crippen molar-refractivity contribution in [2.45, 2.75) is 26.4 Å². The number of rotatable bonds is 4. The summed E-state index contributed by atoms with van der Waals surface area (Å²) < 4.78 is 2.34. The average Bonchev–Trinajstić information content (AvgIpc) is 2.85. The van der Waals surface area contributed by atoms with E-state index in [1.807, 2.05) is 6.07 Å². The monoisotopic (exact) mass is 264 g/mol. The number of anilines is 1. The molecule has 0 aliphatic rings. The lowest BCUT2D eigenvalue weighted by atomic mass is 10.2. The molecule has 2 aromatic carbocycles. The maximum atomic E-state index is 3.49. The number of fused-ring (bicyclic) bond motifs is 1. The third-order valence-corrected chi connectivity index (χ3v) is 3.64. The second kappa shape index (κ2) is 5.41. The van der Waals surface area contributed by atoms with E-state index in [9.17, 15) is 0 Å². The van der Waals surface area contributed by atoms with Crippen LogP contribution >= 0.6 is 0 Å². The van der Waals surface area contributed by atoms with E-state index in [2.05, 4.69) is 78.5 Å². The van der Waals surface area contributed by atoms with Crippen molar-refractivity contribution in [3.8, 4) is 0 Å². The summed E-state index contributed by atoms with van der Waals surface area (Å²) in [5, 5.41) is 4.83. The van der Waals surface area contributed by atoms with Crippen LogP contribution in [0.5, 0.6) is 0 Å². The Kier molecular flexibility index (Phi) is 3.46. The number of para-hydroxylation sites is 2. The summed E-state index contributed by atoms with van der Waals surface area (Å²) in [6.45, 7) is 5.30. The topological polar surface area (TPSA) is 17.0 Å². The van der Waals surface area contributed by atoms with Crippen LogP contribution in [0.25, 0.3) is 10.9 Å². The van der Waals surface area contributed by atoms with Crippen molar-refractivity contribution in [2.75, 3.05) is 5.32 Å². The van der Waals surface area contributed by atoms with Gasteiger partial charge in [-0.1, -0.05) is 36.4 Å². The fourth-order valence-electron chi connectivity index (χ4n) is 2.60. The maximum Gasteiger partial charge on any atom is 0.0486 e. The zero-order chi connectivity index (χ0) is 13.9. The van der Waals surface area contributed by atoms with Crippen molar-refractivity contribution in [3.05, 3.63) is 66.4 Å². The van der Waals surface area contributed by atoms with Gasteiger partial charge in [-0.3, -0.25) is 0 Å². The van der Waals surface area contributed by atoms with Crippen molar-refractivity contribution in [1.29, 1.82) is 0 Å². The van der Waals surface area contributed by atoms with Crippen molar-refractivity contribution < 1.29 is 0 Å². The highest BCUT2D eigenvalue weighted by Crippen LogP contribution is 2.25. The first-order valence-corrected chi connectivity index (χ1v) is 7.13. The number of aromatic nitrogens is 1. The van der Waals surface area contributed by atoms with Gasteiger partial charge in [0.1, 0.15) is 0 Å². The normalized spacial score (nSPS) is 11.2. The highest BCUT2D eigenvalue weighted by atomic mass is 15.0. The molecule has 0 saturated carbocycles. The summed E-state index contributed by atoms with van der Waals surface area (Å²) in [4.78, 5) is 0. The van der Waals surface area contributed by atoms with Gasteiger partial charge in [-0.25, -0.2) is 0 Å². The van der Waals surface area contributed by atoms with Crippen molar-refractivity contribution in [3.63, 3.8) is 0 Å². The Labute approximate surface area is 120 Å². The van der Waals surface area contributed by atoms with Crippen molar-refractivity contribution in [2.24, 2.45) is 0 Å². The third-order valence-electron chi connectivity index (χ3n) is 3.64. The van der Waals surface area contributed by atoms with Gasteiger partial charge in [-0.2, -0.15) is 0 Å². The van der Waals surface area contributed by atoms with E-state index in [-0.39, 0.29) is 0 Å². The predicted molar refractivity (Wildman–Crippen MR) is 86.1 cm³/mol. The molecule has 0 spiro atoms. The summed E-state index contributed by atoms with van der Waals surface area (Å²) in [6, 6.07) is 19.4. The Morgan fingerprint density at radius 3 is 2.40 bits per heavy atom. The van der Waals surface area contributed by atoms with Gasteiger partial charge in [-0.05, 0) is 37.6 Å². The van der Waals surface area contributed by atoms with Crippen LogP contribution in [0.3, 0.4) is 0 Å². The lowest BCUT2D eigenvalue weighted by molar-refractivity contribution is 0.621. The maximum absolute atomic E-state index is 3.49. The summed E-state index contributed by atoms with van der Waals surface area (Å²) in [6.07, 6.45) is 2.27. The SMILES string of the molecule is CC(C)n1cc(CNc2ccccc2)c2ccccc21. The Bertz CT molecular complexity index is 696. The van der Waals surface area contributed by atoms with E-state index in [0.29, 0.717) is 6.04 Å². The molecule has 0 aliphatic carbocycles. The van der Waals surface area contributed by atoms with Crippen LogP contribution < -0.4 is 5.32 Å². The van der Waals surface area contributed by atoms with Crippen LogP contribution in [0.15, 0.2) is 60.8 Å². The van der Waals surface area contributed by atoms with Gasteiger partial charge in [0.25, 0.3) is 0 Å². The minimum absolute atomic E-state index is 0.477. The molecule has 1 N–H and O–H groups in total. The van der Waals surface area contributed by atoms with Crippen LogP contribution in [-0.4, -0.2) is 4.57 Å². The van der Waals surface area contributed by atoms with E-state index in [1.165, 1.54) is 16.5 Å². The van der Waals surface area contributed by atoms with Crippen LogP contribution in [0.1, 0.15) is 25.5 Å². The number of nitrogens with zero attached hydrogens (tertiary/aromatic N) is 1. The Hall–Kier alpha value is -2.22. The quantitative estimate of drug-likeness (QED) is 0.714. The largest absolute Gasteiger partial charge is 0.381 e. The number of nitrogens with one attached hydrogen (secondary N) is 1. The molecule has 2 heteroatoms. The molecule has 0 bridgehead atoms. The second-order valence-electron chi connectivity index (χ2n) is 5.39. The molecule has 0 atom stereocenters. The first kappa shape index (κ1) is 12.8. The molecular weight excluding hydrogens is 244 g/mol. The minimum atomic E-state index is 0.477. The van der Waals surface area contributed by atoms with Gasteiger partial charge in [0.05, 0.1) is 0 Å². The van der Waals surface area contributed by atoms with E-state index in [0.717, 1.165) is 12.2 Å². The van der Waals surface area contributed by atoms with Crippen LogP contribution in [0.2, 0.25) is 0 Å². The summed E-state index contributed by atoms with van der Waals surface area (Å²) in [7, 11) is 0. The number of hydrogen-bond acceptors (Lipinski definition) is 1. The van der Waals surface area contributed by atoms with Gasteiger partial charge in [0.2, 0.25) is 0 Å². The van der Waals surface area contributed by atoms with E-state index in [1.54, 1.807) is 0 Å². The predicted octanol–water partition coefficient (Wildman–Crippen LogP) is 4.83. The second-order valence-corrected chi connectivity index (χ2v) is 5.39. The van der Waals surface area contributed by atoms with Crippen LogP contribution in [-0.2, 0) is 6.54 Å². The fraction of sp³-hybridized carbons (Fsp3) is 0.222. The molecule has 0 aliphatic heterocycles. The van der Waals surface area contributed by atoms with Gasteiger partial charge >= 0.3 is 0 Å². The molecule has 3 aromatic rings. The minimum Gasteiger partial charge on any atom is -0.381 e. The van der Waals surface area contributed by atoms with Crippen molar-refractivity contribution in [1.82, 2.24) is 4.57 Å². The van der Waals surface area contributed by atoms with Crippen LogP contribution in [0, 0.1) is 0 Å². The number of benzene rings is 2. The summed E-state index contributed by atoms with van der Waals surface area (Å²) in [5.41, 5.74) is 3.82. The Balaban J connectivity index is 1.92. The third kappa shape index (κ3) is 2.42. The molecule has 0 amide bonds. The lowest BCUT2D eigenvalue weighted by Gasteiger charge is -2.08. The van der Waals surface area contributed by atoms with E-state index >= 15 is 0 Å². The Morgan fingerprint density at radius 1 is 0.950 bits per heavy atom. The van der Waals surface area contributed by atoms with Gasteiger partial charge in [0.15, 0.2) is 0 Å². The average molecular weight is 264 g/mol. The molecule has 3 rings (SSSR count). The molecule has 102 valence electrons. The Morgan fingerprint density at radius 2 is 1.65 bits per heavy atom. The smallest absolute Gasteiger partial charge is 0.0486 e. The fourth-order valence-corrected chi connectivity index (χ4v) is 2.60. The van der Waals surface area contributed by atoms with Crippen molar-refractivity contribution >= 4 is 16.6 Å². The van der Waals surface area contributed by atoms with E-state index < -0.39 is 0 Å². The molecule has 1 heterocycles. The van der Waals surface area contributed by atoms with E-state index in [4.69, 9.17) is 0 Å². The highest BCUT2D eigenvalue weighted by Gasteiger charge is 2.09. The zero-order valence-electron chi connectivity index (χ0n) is 12.0. The van der Waals surface area contributed by atoms with Gasteiger partial charge < -0.3 is 9.88 Å². The molecule has 0 radical (unpaired) electrons. The lowest BCUT2D eigenvalue weighted by Crippen LogP contribution is -2.00. The molecule has 0 unspecified atom stereocenters. The number of hydrogen-bond donors (Lipinski definition) is 1.